The highest BCUT2D eigenvalue weighted by molar-refractivity contribution is 5.63. The third kappa shape index (κ3) is 4.60. The number of ether oxygens (including phenoxy) is 2. The highest BCUT2D eigenvalue weighted by atomic mass is 16.5. The highest BCUT2D eigenvalue weighted by Gasteiger charge is 2.10. The SMILES string of the molecule is COc1ccc(-c2cccc3nc(Cc4ccc(OCCN(C)C)cc4)nn23)cc1. The van der Waals surface area contributed by atoms with Crippen LogP contribution in [0.1, 0.15) is 11.4 Å². The largest absolute Gasteiger partial charge is 0.497 e. The number of rotatable bonds is 8. The fourth-order valence-corrected chi connectivity index (χ4v) is 3.24. The number of methoxy groups -OCH3 is 1. The zero-order valence-electron chi connectivity index (χ0n) is 17.6. The minimum atomic E-state index is 0.668. The van der Waals surface area contributed by atoms with E-state index in [0.717, 1.165) is 46.3 Å². The number of likely N-dealkylation sites (N-methyl/N-ethyl adjacent to an activating group) is 1. The van der Waals surface area contributed by atoms with E-state index in [4.69, 9.17) is 19.6 Å². The Balaban J connectivity index is 1.51. The summed E-state index contributed by atoms with van der Waals surface area (Å²) in [5.74, 6) is 2.50. The van der Waals surface area contributed by atoms with Crippen molar-refractivity contribution in [3.8, 4) is 22.8 Å². The van der Waals surface area contributed by atoms with Crippen molar-refractivity contribution in [2.45, 2.75) is 6.42 Å². The molecule has 0 N–H and O–H groups in total. The second-order valence-electron chi connectivity index (χ2n) is 7.41. The lowest BCUT2D eigenvalue weighted by atomic mass is 10.1. The Morgan fingerprint density at radius 3 is 2.33 bits per heavy atom. The van der Waals surface area contributed by atoms with Crippen molar-refractivity contribution < 1.29 is 9.47 Å². The molecule has 0 spiro atoms. The van der Waals surface area contributed by atoms with Crippen LogP contribution in [0.3, 0.4) is 0 Å². The molecule has 6 nitrogen and oxygen atoms in total. The molecular formula is C24H26N4O2. The average Bonchev–Trinajstić information content (AvgIpc) is 3.17. The summed E-state index contributed by atoms with van der Waals surface area (Å²) in [5, 5.41) is 4.76. The van der Waals surface area contributed by atoms with Crippen LogP contribution < -0.4 is 9.47 Å². The zero-order valence-corrected chi connectivity index (χ0v) is 17.6. The fraction of sp³-hybridized carbons (Fsp3) is 0.250. The molecule has 0 saturated carbocycles. The first kappa shape index (κ1) is 19.9. The van der Waals surface area contributed by atoms with Gasteiger partial charge in [0, 0.05) is 18.5 Å². The third-order valence-corrected chi connectivity index (χ3v) is 4.88. The van der Waals surface area contributed by atoms with Crippen molar-refractivity contribution in [2.24, 2.45) is 0 Å². The molecule has 2 aromatic carbocycles. The number of benzene rings is 2. The summed E-state index contributed by atoms with van der Waals surface area (Å²) in [7, 11) is 5.74. The van der Waals surface area contributed by atoms with E-state index in [1.165, 1.54) is 0 Å². The zero-order chi connectivity index (χ0) is 20.9. The van der Waals surface area contributed by atoms with Gasteiger partial charge in [-0.2, -0.15) is 5.10 Å². The van der Waals surface area contributed by atoms with Gasteiger partial charge in [0.2, 0.25) is 0 Å². The summed E-state index contributed by atoms with van der Waals surface area (Å²) >= 11 is 0. The molecule has 0 bridgehead atoms. The number of hydrogen-bond donors (Lipinski definition) is 0. The van der Waals surface area contributed by atoms with Gasteiger partial charge in [-0.1, -0.05) is 18.2 Å². The van der Waals surface area contributed by atoms with E-state index in [0.29, 0.717) is 13.0 Å². The van der Waals surface area contributed by atoms with Crippen LogP contribution in [0.25, 0.3) is 16.9 Å². The molecule has 0 atom stereocenters. The Hall–Kier alpha value is -3.38. The van der Waals surface area contributed by atoms with E-state index in [2.05, 4.69) is 17.0 Å². The lowest BCUT2D eigenvalue weighted by Gasteiger charge is -2.11. The van der Waals surface area contributed by atoms with E-state index in [1.54, 1.807) is 7.11 Å². The first-order valence-electron chi connectivity index (χ1n) is 9.98. The van der Waals surface area contributed by atoms with E-state index in [1.807, 2.05) is 73.2 Å². The van der Waals surface area contributed by atoms with E-state index in [-0.39, 0.29) is 0 Å². The number of hydrogen-bond acceptors (Lipinski definition) is 5. The molecular weight excluding hydrogens is 376 g/mol. The fourth-order valence-electron chi connectivity index (χ4n) is 3.24. The second-order valence-corrected chi connectivity index (χ2v) is 7.41. The van der Waals surface area contributed by atoms with Crippen LogP contribution in [0.2, 0.25) is 0 Å². The third-order valence-electron chi connectivity index (χ3n) is 4.88. The predicted octanol–water partition coefficient (Wildman–Crippen LogP) is 3.94. The maximum absolute atomic E-state index is 5.77. The minimum absolute atomic E-state index is 0.668. The van der Waals surface area contributed by atoms with Gasteiger partial charge < -0.3 is 14.4 Å². The van der Waals surface area contributed by atoms with Gasteiger partial charge in [0.15, 0.2) is 11.5 Å². The summed E-state index contributed by atoms with van der Waals surface area (Å²) in [6, 6.07) is 22.1. The lowest BCUT2D eigenvalue weighted by Crippen LogP contribution is -2.19. The molecule has 4 aromatic rings. The number of fused-ring (bicyclic) bond motifs is 1. The Labute approximate surface area is 176 Å². The van der Waals surface area contributed by atoms with Crippen LogP contribution in [0.15, 0.2) is 66.7 Å². The molecule has 0 amide bonds. The highest BCUT2D eigenvalue weighted by Crippen LogP contribution is 2.23. The summed E-state index contributed by atoms with van der Waals surface area (Å²) in [6.45, 7) is 1.57. The molecule has 0 unspecified atom stereocenters. The van der Waals surface area contributed by atoms with Crippen LogP contribution in [-0.2, 0) is 6.42 Å². The van der Waals surface area contributed by atoms with Crippen LogP contribution >= 0.6 is 0 Å². The summed E-state index contributed by atoms with van der Waals surface area (Å²) in [4.78, 5) is 6.81. The van der Waals surface area contributed by atoms with Gasteiger partial charge in [0.25, 0.3) is 0 Å². The van der Waals surface area contributed by atoms with E-state index >= 15 is 0 Å². The number of pyridine rings is 1. The molecule has 30 heavy (non-hydrogen) atoms. The van der Waals surface area contributed by atoms with Gasteiger partial charge >= 0.3 is 0 Å². The van der Waals surface area contributed by atoms with Crippen molar-refractivity contribution in [3.05, 3.63) is 78.1 Å². The smallest absolute Gasteiger partial charge is 0.156 e. The molecule has 0 aliphatic heterocycles. The molecule has 0 aliphatic rings. The Morgan fingerprint density at radius 2 is 1.63 bits per heavy atom. The lowest BCUT2D eigenvalue weighted by molar-refractivity contribution is 0.261. The minimum Gasteiger partial charge on any atom is -0.497 e. The quantitative estimate of drug-likeness (QED) is 0.447. The Kier molecular flexibility index (Phi) is 5.95. The van der Waals surface area contributed by atoms with Crippen molar-refractivity contribution >= 4 is 5.65 Å². The molecule has 0 radical (unpaired) electrons. The molecule has 0 aliphatic carbocycles. The molecule has 2 heterocycles. The molecule has 0 fully saturated rings. The first-order chi connectivity index (χ1) is 14.6. The molecule has 4 rings (SSSR count). The standard InChI is InChI=1S/C24H26N4O2/c1-27(2)15-16-30-21-11-7-18(8-12-21)17-23-25-24-6-4-5-22(28(24)26-23)19-9-13-20(29-3)14-10-19/h4-14H,15-17H2,1-3H3. The predicted molar refractivity (Wildman–Crippen MR) is 118 cm³/mol. The van der Waals surface area contributed by atoms with Crippen molar-refractivity contribution in [1.82, 2.24) is 19.5 Å². The van der Waals surface area contributed by atoms with Crippen LogP contribution in [0.5, 0.6) is 11.5 Å². The number of nitrogens with zero attached hydrogens (tertiary/aromatic N) is 4. The van der Waals surface area contributed by atoms with Crippen LogP contribution in [0, 0.1) is 0 Å². The molecule has 0 saturated heterocycles. The first-order valence-corrected chi connectivity index (χ1v) is 9.98. The maximum atomic E-state index is 5.77. The second kappa shape index (κ2) is 8.97. The maximum Gasteiger partial charge on any atom is 0.156 e. The van der Waals surface area contributed by atoms with Gasteiger partial charge in [-0.25, -0.2) is 9.50 Å². The van der Waals surface area contributed by atoms with Crippen LogP contribution in [0.4, 0.5) is 0 Å². The van der Waals surface area contributed by atoms with E-state index < -0.39 is 0 Å². The van der Waals surface area contributed by atoms with Gasteiger partial charge in [0.1, 0.15) is 18.1 Å². The van der Waals surface area contributed by atoms with Gasteiger partial charge in [-0.05, 0) is 68.2 Å². The van der Waals surface area contributed by atoms with Gasteiger partial charge in [-0.3, -0.25) is 0 Å². The van der Waals surface area contributed by atoms with Gasteiger partial charge in [0.05, 0.1) is 12.8 Å². The van der Waals surface area contributed by atoms with Gasteiger partial charge in [-0.15, -0.1) is 0 Å². The monoisotopic (exact) mass is 402 g/mol. The van der Waals surface area contributed by atoms with Crippen molar-refractivity contribution in [1.29, 1.82) is 0 Å². The Bertz CT molecular complexity index is 1100. The molecule has 2 aromatic heterocycles. The average molecular weight is 402 g/mol. The Morgan fingerprint density at radius 1 is 0.900 bits per heavy atom. The molecule has 6 heteroatoms. The summed E-state index contributed by atoms with van der Waals surface area (Å²) in [6.07, 6.45) is 0.668. The summed E-state index contributed by atoms with van der Waals surface area (Å²) < 4.78 is 12.9. The number of aromatic nitrogens is 3. The summed E-state index contributed by atoms with van der Waals surface area (Å²) in [5.41, 5.74) is 4.05. The van der Waals surface area contributed by atoms with Crippen LogP contribution in [-0.4, -0.2) is 53.9 Å². The van der Waals surface area contributed by atoms with Crippen molar-refractivity contribution in [2.75, 3.05) is 34.4 Å². The normalized spacial score (nSPS) is 11.2. The molecule has 154 valence electrons. The van der Waals surface area contributed by atoms with Crippen molar-refractivity contribution in [3.63, 3.8) is 0 Å². The van der Waals surface area contributed by atoms with E-state index in [9.17, 15) is 0 Å². The topological polar surface area (TPSA) is 51.9 Å².